The molecule has 0 radical (unpaired) electrons. The SMILES string of the molecule is CN1CC=C(c2cn(C(=O)C(C)(C)C)c3ccc([N+](=O)[O-])cc23)CC1. The molecular formula is C19H23N3O3. The number of carbonyl (C=O) groups is 1. The highest BCUT2D eigenvalue weighted by Gasteiger charge is 2.27. The standard InChI is InChI=1S/C19H23N3O3/c1-19(2,3)18(23)21-12-16(13-7-9-20(4)10-8-13)15-11-14(22(24)25)5-6-17(15)21/h5-7,11-12H,8-10H2,1-4H3. The van der Waals surface area contributed by atoms with Crippen LogP contribution in [0.5, 0.6) is 0 Å². The Morgan fingerprint density at radius 2 is 2.00 bits per heavy atom. The van der Waals surface area contributed by atoms with Crippen molar-refractivity contribution in [3.8, 4) is 0 Å². The summed E-state index contributed by atoms with van der Waals surface area (Å²) in [6.07, 6.45) is 4.85. The first-order valence-electron chi connectivity index (χ1n) is 8.41. The Labute approximate surface area is 146 Å². The van der Waals surface area contributed by atoms with E-state index < -0.39 is 10.3 Å². The van der Waals surface area contributed by atoms with Crippen molar-refractivity contribution in [2.24, 2.45) is 5.41 Å². The zero-order valence-electron chi connectivity index (χ0n) is 15.1. The lowest BCUT2D eigenvalue weighted by Gasteiger charge is -2.21. The van der Waals surface area contributed by atoms with Crippen LogP contribution in [0.2, 0.25) is 0 Å². The lowest BCUT2D eigenvalue weighted by atomic mass is 9.95. The normalized spacial score (nSPS) is 16.1. The van der Waals surface area contributed by atoms with Crippen molar-refractivity contribution in [2.45, 2.75) is 27.2 Å². The number of hydrogen-bond donors (Lipinski definition) is 0. The molecule has 2 aromatic rings. The van der Waals surface area contributed by atoms with Crippen LogP contribution in [0.15, 0.2) is 30.5 Å². The van der Waals surface area contributed by atoms with Gasteiger partial charge in [-0.1, -0.05) is 26.8 Å². The van der Waals surface area contributed by atoms with Gasteiger partial charge in [0.05, 0.1) is 10.4 Å². The van der Waals surface area contributed by atoms with Crippen molar-refractivity contribution >= 4 is 28.1 Å². The van der Waals surface area contributed by atoms with Gasteiger partial charge in [-0.15, -0.1) is 0 Å². The van der Waals surface area contributed by atoms with Gasteiger partial charge in [0.15, 0.2) is 0 Å². The third-order valence-corrected chi connectivity index (χ3v) is 4.62. The second-order valence-corrected chi connectivity index (χ2v) is 7.67. The van der Waals surface area contributed by atoms with Gasteiger partial charge in [0.2, 0.25) is 5.91 Å². The molecule has 0 saturated carbocycles. The third kappa shape index (κ3) is 3.22. The number of aromatic nitrogens is 1. The Bertz CT molecular complexity index is 887. The number of nitro benzene ring substituents is 1. The average molecular weight is 341 g/mol. The van der Waals surface area contributed by atoms with E-state index in [1.165, 1.54) is 6.07 Å². The van der Waals surface area contributed by atoms with Gasteiger partial charge in [0.25, 0.3) is 5.69 Å². The Morgan fingerprint density at radius 3 is 2.56 bits per heavy atom. The summed E-state index contributed by atoms with van der Waals surface area (Å²) in [7, 11) is 2.06. The second kappa shape index (κ2) is 6.11. The molecule has 0 aliphatic carbocycles. The number of fused-ring (bicyclic) bond motifs is 1. The van der Waals surface area contributed by atoms with Crippen LogP contribution in [0, 0.1) is 15.5 Å². The van der Waals surface area contributed by atoms with Crippen molar-refractivity contribution in [1.82, 2.24) is 9.47 Å². The number of nitrogens with zero attached hydrogens (tertiary/aromatic N) is 3. The minimum Gasteiger partial charge on any atom is -0.302 e. The molecular weight excluding hydrogens is 318 g/mol. The molecule has 0 atom stereocenters. The van der Waals surface area contributed by atoms with Crippen LogP contribution in [0.3, 0.4) is 0 Å². The molecule has 132 valence electrons. The van der Waals surface area contributed by atoms with Crippen LogP contribution in [0.1, 0.15) is 37.6 Å². The molecule has 25 heavy (non-hydrogen) atoms. The first kappa shape index (κ1) is 17.4. The predicted octanol–water partition coefficient (Wildman–Crippen LogP) is 3.95. The van der Waals surface area contributed by atoms with Crippen LogP contribution in [-0.4, -0.2) is 40.4 Å². The van der Waals surface area contributed by atoms with Gasteiger partial charge in [-0.25, -0.2) is 0 Å². The van der Waals surface area contributed by atoms with E-state index in [-0.39, 0.29) is 11.6 Å². The quantitative estimate of drug-likeness (QED) is 0.612. The summed E-state index contributed by atoms with van der Waals surface area (Å²) in [5.74, 6) is -0.0221. The summed E-state index contributed by atoms with van der Waals surface area (Å²) in [5, 5.41) is 12.0. The van der Waals surface area contributed by atoms with Crippen molar-refractivity contribution < 1.29 is 9.72 Å². The average Bonchev–Trinajstić information content (AvgIpc) is 2.92. The maximum Gasteiger partial charge on any atom is 0.270 e. The summed E-state index contributed by atoms with van der Waals surface area (Å²) in [6.45, 7) is 7.40. The summed E-state index contributed by atoms with van der Waals surface area (Å²) in [5.41, 5.74) is 2.30. The number of rotatable bonds is 2. The fourth-order valence-corrected chi connectivity index (χ4v) is 3.13. The summed E-state index contributed by atoms with van der Waals surface area (Å²) < 4.78 is 1.65. The van der Waals surface area contributed by atoms with Crippen molar-refractivity contribution in [3.63, 3.8) is 0 Å². The number of nitro groups is 1. The van der Waals surface area contributed by atoms with E-state index in [0.29, 0.717) is 0 Å². The number of non-ortho nitro benzene ring substituents is 1. The summed E-state index contributed by atoms with van der Waals surface area (Å²) in [4.78, 5) is 25.9. The van der Waals surface area contributed by atoms with Gasteiger partial charge < -0.3 is 4.90 Å². The number of hydrogen-bond acceptors (Lipinski definition) is 4. The summed E-state index contributed by atoms with van der Waals surface area (Å²) in [6, 6.07) is 4.72. The van der Waals surface area contributed by atoms with E-state index in [2.05, 4.69) is 18.0 Å². The number of carbonyl (C=O) groups excluding carboxylic acids is 1. The Kier molecular flexibility index (Phi) is 4.24. The molecule has 0 bridgehead atoms. The van der Waals surface area contributed by atoms with Gasteiger partial charge in [-0.2, -0.15) is 0 Å². The highest BCUT2D eigenvalue weighted by atomic mass is 16.6. The fourth-order valence-electron chi connectivity index (χ4n) is 3.13. The molecule has 3 rings (SSSR count). The molecule has 1 aromatic heterocycles. The molecule has 0 amide bonds. The van der Waals surface area contributed by atoms with Crippen molar-refractivity contribution in [1.29, 1.82) is 0 Å². The maximum absolute atomic E-state index is 12.8. The zero-order valence-corrected chi connectivity index (χ0v) is 15.1. The van der Waals surface area contributed by atoms with Crippen LogP contribution < -0.4 is 0 Å². The third-order valence-electron chi connectivity index (χ3n) is 4.62. The van der Waals surface area contributed by atoms with E-state index in [4.69, 9.17) is 0 Å². The number of likely N-dealkylation sites (N-methyl/N-ethyl adjacent to an activating group) is 1. The Morgan fingerprint density at radius 1 is 1.28 bits per heavy atom. The number of benzene rings is 1. The Balaban J connectivity index is 2.22. The molecule has 2 heterocycles. The molecule has 1 aromatic carbocycles. The zero-order chi connectivity index (χ0) is 18.4. The largest absolute Gasteiger partial charge is 0.302 e. The summed E-state index contributed by atoms with van der Waals surface area (Å²) >= 11 is 0. The monoisotopic (exact) mass is 341 g/mol. The van der Waals surface area contributed by atoms with E-state index in [1.54, 1.807) is 16.7 Å². The predicted molar refractivity (Wildman–Crippen MR) is 98.8 cm³/mol. The van der Waals surface area contributed by atoms with Crippen molar-refractivity contribution in [2.75, 3.05) is 20.1 Å². The van der Waals surface area contributed by atoms with E-state index >= 15 is 0 Å². The van der Waals surface area contributed by atoms with Gasteiger partial charge >= 0.3 is 0 Å². The Hall–Kier alpha value is -2.47. The first-order valence-corrected chi connectivity index (χ1v) is 8.41. The van der Waals surface area contributed by atoms with Gasteiger partial charge in [-0.3, -0.25) is 19.5 Å². The topological polar surface area (TPSA) is 68.4 Å². The maximum atomic E-state index is 12.8. The van der Waals surface area contributed by atoms with Crippen LogP contribution in [0.4, 0.5) is 5.69 Å². The molecule has 6 heteroatoms. The minimum absolute atomic E-state index is 0.0221. The van der Waals surface area contributed by atoms with E-state index in [1.807, 2.05) is 27.0 Å². The molecule has 6 nitrogen and oxygen atoms in total. The van der Waals surface area contributed by atoms with Gasteiger partial charge in [0.1, 0.15) is 0 Å². The highest BCUT2D eigenvalue weighted by molar-refractivity contribution is 6.01. The molecule has 1 aliphatic heterocycles. The van der Waals surface area contributed by atoms with Crippen molar-refractivity contribution in [3.05, 3.63) is 46.1 Å². The van der Waals surface area contributed by atoms with Crippen LogP contribution in [0.25, 0.3) is 16.5 Å². The molecule has 1 aliphatic rings. The van der Waals surface area contributed by atoms with Gasteiger partial charge in [0, 0.05) is 47.8 Å². The smallest absolute Gasteiger partial charge is 0.270 e. The molecule has 0 fully saturated rings. The highest BCUT2D eigenvalue weighted by Crippen LogP contribution is 2.34. The van der Waals surface area contributed by atoms with E-state index in [0.717, 1.165) is 41.5 Å². The lowest BCUT2D eigenvalue weighted by molar-refractivity contribution is -0.384. The van der Waals surface area contributed by atoms with E-state index in [9.17, 15) is 14.9 Å². The minimum atomic E-state index is -0.536. The first-order chi connectivity index (χ1) is 11.7. The molecule has 0 spiro atoms. The lowest BCUT2D eigenvalue weighted by Crippen LogP contribution is -2.26. The molecule has 0 saturated heterocycles. The van der Waals surface area contributed by atoms with Gasteiger partial charge in [-0.05, 0) is 25.1 Å². The molecule has 0 unspecified atom stereocenters. The van der Waals surface area contributed by atoms with Crippen LogP contribution >= 0.6 is 0 Å². The second-order valence-electron chi connectivity index (χ2n) is 7.67. The van der Waals surface area contributed by atoms with Crippen LogP contribution in [-0.2, 0) is 0 Å². The molecule has 0 N–H and O–H groups in total. The fraction of sp³-hybridized carbons (Fsp3) is 0.421.